The number of fused-ring (bicyclic) bond motifs is 1. The van der Waals surface area contributed by atoms with Gasteiger partial charge in [-0.05, 0) is 24.3 Å². The van der Waals surface area contributed by atoms with Gasteiger partial charge in [0.15, 0.2) is 0 Å². The Morgan fingerprint density at radius 2 is 1.87 bits per heavy atom. The summed E-state index contributed by atoms with van der Waals surface area (Å²) < 4.78 is 16.1. The van der Waals surface area contributed by atoms with Gasteiger partial charge >= 0.3 is 16.9 Å². The Morgan fingerprint density at radius 3 is 2.61 bits per heavy atom. The van der Waals surface area contributed by atoms with Gasteiger partial charge in [0.25, 0.3) is 0 Å². The quantitative estimate of drug-likeness (QED) is 0.361. The zero-order valence-electron chi connectivity index (χ0n) is 15.8. The van der Waals surface area contributed by atoms with E-state index in [4.69, 9.17) is 11.6 Å². The van der Waals surface area contributed by atoms with Crippen molar-refractivity contribution in [2.75, 3.05) is 0 Å². The molecule has 156 valence electrons. The molecule has 4 aromatic rings. The lowest BCUT2D eigenvalue weighted by Crippen LogP contribution is -2.25. The Labute approximate surface area is 178 Å². The predicted molar refractivity (Wildman–Crippen MR) is 116 cm³/mol. The van der Waals surface area contributed by atoms with Gasteiger partial charge in [-0.1, -0.05) is 41.9 Å². The van der Waals surface area contributed by atoms with Crippen LogP contribution in [0.15, 0.2) is 58.3 Å². The number of nitrogens with zero attached hydrogens (tertiary/aromatic N) is 2. The molecule has 2 aromatic heterocycles. The van der Waals surface area contributed by atoms with Crippen LogP contribution < -0.4 is 11.2 Å². The molecule has 8 nitrogen and oxygen atoms in total. The molecule has 0 atom stereocenters. The number of halogens is 2. The molecule has 31 heavy (non-hydrogen) atoms. The Balaban J connectivity index is 1.81. The molecule has 0 aliphatic rings. The summed E-state index contributed by atoms with van der Waals surface area (Å²) in [6.45, 7) is 0.168. The van der Waals surface area contributed by atoms with Crippen LogP contribution >= 0.6 is 11.6 Å². The highest BCUT2D eigenvalue weighted by Gasteiger charge is 2.19. The van der Waals surface area contributed by atoms with Crippen molar-refractivity contribution < 1.29 is 9.31 Å². The number of nitrogens with one attached hydrogen (secondary N) is 2. The predicted octanol–water partition coefficient (Wildman–Crippen LogP) is 3.94. The van der Waals surface area contributed by atoms with Crippen LogP contribution in [-0.2, 0) is 6.54 Å². The average molecular weight is 441 g/mol. The first-order valence-electron chi connectivity index (χ1n) is 9.05. The zero-order chi connectivity index (χ0) is 22.1. The van der Waals surface area contributed by atoms with E-state index in [-0.39, 0.29) is 12.2 Å². The second-order valence-corrected chi connectivity index (χ2v) is 7.10. The van der Waals surface area contributed by atoms with E-state index in [1.807, 2.05) is 29.2 Å². The summed E-state index contributed by atoms with van der Waals surface area (Å²) in [5, 5.41) is 12.3. The third-order valence-electron chi connectivity index (χ3n) is 4.77. The maximum Gasteiger partial charge on any atom is 0.357 e. The van der Waals surface area contributed by atoms with E-state index >= 15 is 0 Å². The summed E-state index contributed by atoms with van der Waals surface area (Å²) in [7, 11) is 0. The van der Waals surface area contributed by atoms with Crippen LogP contribution in [0.1, 0.15) is 16.8 Å². The lowest BCUT2D eigenvalue weighted by Gasteiger charge is -2.08. The van der Waals surface area contributed by atoms with Crippen LogP contribution in [0.5, 0.6) is 0 Å². The molecule has 2 N–H and O–H groups in total. The van der Waals surface area contributed by atoms with E-state index < -0.39 is 27.7 Å². The fourth-order valence-electron chi connectivity index (χ4n) is 3.36. The summed E-state index contributed by atoms with van der Waals surface area (Å²) in [6, 6.07) is 11.8. The highest BCUT2D eigenvalue weighted by molar-refractivity contribution is 6.31. The molecule has 0 aliphatic carbocycles. The number of H-pyrrole nitrogens is 2. The third-order valence-corrected chi connectivity index (χ3v) is 5.12. The number of rotatable bonds is 5. The minimum atomic E-state index is -1.09. The summed E-state index contributed by atoms with van der Waals surface area (Å²) >= 11 is 6.16. The molecule has 0 saturated heterocycles. The van der Waals surface area contributed by atoms with Crippen molar-refractivity contribution in [3.8, 4) is 0 Å². The number of aromatic amines is 2. The molecule has 4 rings (SSSR count). The maximum atomic E-state index is 14.3. The van der Waals surface area contributed by atoms with Crippen LogP contribution in [0.2, 0.25) is 5.02 Å². The molecule has 0 unspecified atom stereocenters. The van der Waals surface area contributed by atoms with E-state index in [0.717, 1.165) is 10.9 Å². The minimum Gasteiger partial charge on any atom is -0.342 e. The molecule has 0 fully saturated rings. The largest absolute Gasteiger partial charge is 0.357 e. The fourth-order valence-corrected chi connectivity index (χ4v) is 3.59. The molecule has 0 amide bonds. The van der Waals surface area contributed by atoms with Gasteiger partial charge in [0, 0.05) is 33.2 Å². The summed E-state index contributed by atoms with van der Waals surface area (Å²) in [6.07, 6.45) is 4.57. The summed E-state index contributed by atoms with van der Waals surface area (Å²) in [5.41, 5.74) is -1.17. The van der Waals surface area contributed by atoms with E-state index in [1.54, 1.807) is 22.9 Å². The molecule has 2 heterocycles. The molecule has 0 saturated carbocycles. The molecular formula is C21H14ClFN4O4. The number of hydrogen-bond donors (Lipinski definition) is 2. The Morgan fingerprint density at radius 1 is 1.10 bits per heavy atom. The van der Waals surface area contributed by atoms with Crippen LogP contribution in [0, 0.1) is 15.9 Å². The molecule has 0 spiro atoms. The highest BCUT2D eigenvalue weighted by Crippen LogP contribution is 2.27. The number of nitro groups is 1. The van der Waals surface area contributed by atoms with Gasteiger partial charge in [0.05, 0.1) is 11.5 Å². The van der Waals surface area contributed by atoms with Gasteiger partial charge in [-0.2, -0.15) is 0 Å². The van der Waals surface area contributed by atoms with Crippen molar-refractivity contribution >= 4 is 40.3 Å². The second-order valence-electron chi connectivity index (χ2n) is 6.69. The number of hydrogen-bond acceptors (Lipinski definition) is 4. The van der Waals surface area contributed by atoms with Gasteiger partial charge < -0.3 is 9.55 Å². The average Bonchev–Trinajstić information content (AvgIpc) is 3.06. The van der Waals surface area contributed by atoms with E-state index in [9.17, 15) is 24.1 Å². The van der Waals surface area contributed by atoms with Crippen molar-refractivity contribution in [3.63, 3.8) is 0 Å². The maximum absolute atomic E-state index is 14.3. The SMILES string of the molecule is O=c1[nH]c(/C=C\c2cn(Cc3c(F)cccc3Cl)c3ccccc23)c([N+](=O)[O-])c(=O)[nH]1. The van der Waals surface area contributed by atoms with Gasteiger partial charge in [0.1, 0.15) is 11.5 Å². The first kappa shape index (κ1) is 20.3. The van der Waals surface area contributed by atoms with Crippen LogP contribution in [-0.4, -0.2) is 19.5 Å². The smallest absolute Gasteiger partial charge is 0.342 e. The highest BCUT2D eigenvalue weighted by atomic mass is 35.5. The van der Waals surface area contributed by atoms with E-state index in [2.05, 4.69) is 4.98 Å². The zero-order valence-corrected chi connectivity index (χ0v) is 16.5. The van der Waals surface area contributed by atoms with Crippen LogP contribution in [0.3, 0.4) is 0 Å². The Hall–Kier alpha value is -3.98. The Bertz CT molecular complexity index is 1450. The topological polar surface area (TPSA) is 114 Å². The number of benzene rings is 2. The summed E-state index contributed by atoms with van der Waals surface area (Å²) in [5.74, 6) is -0.431. The first-order valence-corrected chi connectivity index (χ1v) is 9.43. The van der Waals surface area contributed by atoms with E-state index in [1.165, 1.54) is 18.2 Å². The molecule has 2 aromatic carbocycles. The number of aromatic nitrogens is 3. The standard InChI is InChI=1S/C21H14ClFN4O4/c22-15-5-3-6-16(23)14(15)11-26-10-12(13-4-1-2-7-18(13)26)8-9-17-19(27(30)31)20(28)25-21(29)24-17/h1-10H,11H2,(H2,24,25,28,29)/b9-8-. The van der Waals surface area contributed by atoms with Gasteiger partial charge in [-0.3, -0.25) is 19.9 Å². The summed E-state index contributed by atoms with van der Waals surface area (Å²) in [4.78, 5) is 37.8. The lowest BCUT2D eigenvalue weighted by atomic mass is 10.1. The van der Waals surface area contributed by atoms with Gasteiger partial charge in [-0.25, -0.2) is 9.18 Å². The minimum absolute atomic E-state index is 0.168. The van der Waals surface area contributed by atoms with Crippen molar-refractivity contribution in [3.05, 3.63) is 107 Å². The normalized spacial score (nSPS) is 11.4. The van der Waals surface area contributed by atoms with Crippen molar-refractivity contribution in [2.24, 2.45) is 0 Å². The lowest BCUT2D eigenvalue weighted by molar-refractivity contribution is -0.386. The van der Waals surface area contributed by atoms with E-state index in [0.29, 0.717) is 16.1 Å². The molecule has 0 radical (unpaired) electrons. The first-order chi connectivity index (χ1) is 14.8. The second kappa shape index (κ2) is 8.04. The van der Waals surface area contributed by atoms with Gasteiger partial charge in [0.2, 0.25) is 0 Å². The molecular weight excluding hydrogens is 427 g/mol. The molecule has 0 aliphatic heterocycles. The van der Waals surface area contributed by atoms with Crippen LogP contribution in [0.4, 0.5) is 10.1 Å². The fraction of sp³-hybridized carbons (Fsp3) is 0.0476. The van der Waals surface area contributed by atoms with Crippen molar-refractivity contribution in [2.45, 2.75) is 6.54 Å². The monoisotopic (exact) mass is 440 g/mol. The van der Waals surface area contributed by atoms with Gasteiger partial charge in [-0.15, -0.1) is 0 Å². The van der Waals surface area contributed by atoms with Crippen LogP contribution in [0.25, 0.3) is 23.1 Å². The third kappa shape index (κ3) is 3.90. The number of para-hydroxylation sites is 1. The van der Waals surface area contributed by atoms with Crippen molar-refractivity contribution in [1.82, 2.24) is 14.5 Å². The molecule has 10 heteroatoms. The Kier molecular flexibility index (Phi) is 5.26. The molecule has 0 bridgehead atoms. The van der Waals surface area contributed by atoms with Crippen molar-refractivity contribution in [1.29, 1.82) is 0 Å².